The monoisotopic (exact) mass is 251 g/mol. The fourth-order valence-corrected chi connectivity index (χ4v) is 2.58. The molecule has 1 N–H and O–H groups in total. The lowest BCUT2D eigenvalue weighted by molar-refractivity contribution is -0.107. The topological polar surface area (TPSA) is 63.2 Å². The molecule has 6 heteroatoms. The zero-order valence-electron chi connectivity index (χ0n) is 9.40. The van der Waals surface area contributed by atoms with E-state index >= 15 is 0 Å². The van der Waals surface area contributed by atoms with Crippen molar-refractivity contribution in [2.24, 2.45) is 0 Å². The lowest BCUT2D eigenvalue weighted by Crippen LogP contribution is -2.38. The van der Waals surface area contributed by atoms with E-state index < -0.39 is 10.0 Å². The first-order valence-electron chi connectivity index (χ1n) is 4.47. The Labute approximate surface area is 95.6 Å². The van der Waals surface area contributed by atoms with Crippen LogP contribution in [0, 0.1) is 0 Å². The van der Waals surface area contributed by atoms with E-state index in [1.807, 2.05) is 0 Å². The van der Waals surface area contributed by atoms with Gasteiger partial charge in [0.15, 0.2) is 0 Å². The summed E-state index contributed by atoms with van der Waals surface area (Å²) >= 11 is 1.09. The summed E-state index contributed by atoms with van der Waals surface area (Å²) in [6.07, 6.45) is 1.10. The molecule has 0 fully saturated rings. The van der Waals surface area contributed by atoms with Crippen molar-refractivity contribution in [1.82, 2.24) is 4.72 Å². The Morgan fingerprint density at radius 1 is 1.40 bits per heavy atom. The molecule has 0 aromatic rings. The molecule has 0 amide bonds. The molecule has 0 aliphatic rings. The Morgan fingerprint density at radius 2 is 1.87 bits per heavy atom. The highest BCUT2D eigenvalue weighted by Crippen LogP contribution is 2.18. The molecular weight excluding hydrogens is 234 g/mol. The quantitative estimate of drug-likeness (QED) is 0.744. The van der Waals surface area contributed by atoms with Gasteiger partial charge in [0, 0.05) is 11.3 Å². The van der Waals surface area contributed by atoms with Crippen LogP contribution in [0.1, 0.15) is 20.8 Å². The summed E-state index contributed by atoms with van der Waals surface area (Å²) in [5, 5.41) is -0.228. The summed E-state index contributed by atoms with van der Waals surface area (Å²) < 4.78 is 24.3. The van der Waals surface area contributed by atoms with Crippen molar-refractivity contribution >= 4 is 26.9 Å². The number of carbonyl (C=O) groups excluding carboxylic acids is 1. The largest absolute Gasteiger partial charge is 0.282 e. The normalized spacial score (nSPS) is 15.7. The van der Waals surface area contributed by atoms with Crippen molar-refractivity contribution in [3.8, 4) is 0 Å². The van der Waals surface area contributed by atoms with Crippen molar-refractivity contribution in [3.63, 3.8) is 0 Å². The maximum Gasteiger partial charge on any atom is 0.214 e. The fraction of sp³-hybridized carbons (Fsp3) is 0.667. The Morgan fingerprint density at radius 3 is 2.20 bits per heavy atom. The molecule has 2 atom stereocenters. The number of sulfonamides is 1. The molecule has 0 radical (unpaired) electrons. The van der Waals surface area contributed by atoms with Crippen molar-refractivity contribution < 1.29 is 13.2 Å². The van der Waals surface area contributed by atoms with Crippen molar-refractivity contribution in [1.29, 1.82) is 0 Å². The first-order chi connectivity index (χ1) is 6.63. The molecule has 2 unspecified atom stereocenters. The van der Waals surface area contributed by atoms with Gasteiger partial charge in [-0.05, 0) is 19.4 Å². The zero-order valence-corrected chi connectivity index (χ0v) is 11.0. The molecule has 0 bridgehead atoms. The first-order valence-corrected chi connectivity index (χ1v) is 7.24. The van der Waals surface area contributed by atoms with E-state index in [0.29, 0.717) is 5.57 Å². The van der Waals surface area contributed by atoms with E-state index in [4.69, 9.17) is 0 Å². The molecule has 0 aromatic carbocycles. The first kappa shape index (κ1) is 14.7. The van der Waals surface area contributed by atoms with E-state index in [0.717, 1.165) is 18.0 Å². The van der Waals surface area contributed by atoms with Crippen LogP contribution in [-0.4, -0.2) is 31.1 Å². The van der Waals surface area contributed by atoms with Gasteiger partial charge in [-0.2, -0.15) is 0 Å². The van der Waals surface area contributed by atoms with E-state index in [9.17, 15) is 13.2 Å². The number of thioether (sulfide) groups is 1. The fourth-order valence-electron chi connectivity index (χ4n) is 0.805. The number of nitrogens with one attached hydrogen (secondary N) is 1. The van der Waals surface area contributed by atoms with Gasteiger partial charge in [-0.3, -0.25) is 4.79 Å². The molecular formula is C9H17NO3S2. The van der Waals surface area contributed by atoms with E-state index in [2.05, 4.69) is 11.3 Å². The Hall–Kier alpha value is -0.330. The summed E-state index contributed by atoms with van der Waals surface area (Å²) in [6.45, 7) is 8.70. The van der Waals surface area contributed by atoms with E-state index in [-0.39, 0.29) is 16.4 Å². The maximum atomic E-state index is 11.3. The van der Waals surface area contributed by atoms with Crippen LogP contribution in [0.25, 0.3) is 0 Å². The van der Waals surface area contributed by atoms with Crippen molar-refractivity contribution in [2.75, 3.05) is 6.26 Å². The molecule has 0 rings (SSSR count). The molecule has 0 saturated carbocycles. The summed E-state index contributed by atoms with van der Waals surface area (Å²) in [4.78, 5) is 11.3. The standard InChI is InChI=1S/C9H17NO3S2/c1-6(2)9(11)14-8(4)7(3)10-15(5,12)13/h7-8,10H,1H2,2-5H3. The Balaban J connectivity index is 4.28. The minimum atomic E-state index is -3.22. The van der Waals surface area contributed by atoms with Crippen LogP contribution in [0.2, 0.25) is 0 Å². The molecule has 0 aliphatic carbocycles. The number of hydrogen-bond acceptors (Lipinski definition) is 4. The zero-order chi connectivity index (χ0) is 12.2. The van der Waals surface area contributed by atoms with Crippen molar-refractivity contribution in [3.05, 3.63) is 12.2 Å². The van der Waals surface area contributed by atoms with Gasteiger partial charge in [0.1, 0.15) is 0 Å². The summed E-state index contributed by atoms with van der Waals surface area (Å²) in [5.74, 6) is 0. The van der Waals surface area contributed by atoms with Gasteiger partial charge in [-0.15, -0.1) is 0 Å². The van der Waals surface area contributed by atoms with Gasteiger partial charge in [0.2, 0.25) is 15.1 Å². The number of rotatable bonds is 5. The van der Waals surface area contributed by atoms with Gasteiger partial charge in [0.05, 0.1) is 6.26 Å². The minimum absolute atomic E-state index is 0.107. The lowest BCUT2D eigenvalue weighted by atomic mass is 10.3. The molecule has 0 aromatic heterocycles. The summed E-state index contributed by atoms with van der Waals surface area (Å²) in [5.41, 5.74) is 0.471. The van der Waals surface area contributed by atoms with E-state index in [1.165, 1.54) is 0 Å². The van der Waals surface area contributed by atoms with Crippen LogP contribution in [0.15, 0.2) is 12.2 Å². The molecule has 4 nitrogen and oxygen atoms in total. The van der Waals surface area contributed by atoms with Gasteiger partial charge in [-0.25, -0.2) is 13.1 Å². The highest BCUT2D eigenvalue weighted by molar-refractivity contribution is 8.14. The van der Waals surface area contributed by atoms with Crippen molar-refractivity contribution in [2.45, 2.75) is 32.1 Å². The highest BCUT2D eigenvalue weighted by Gasteiger charge is 2.19. The molecule has 15 heavy (non-hydrogen) atoms. The molecule has 0 saturated heterocycles. The van der Waals surface area contributed by atoms with Gasteiger partial charge >= 0.3 is 0 Å². The van der Waals surface area contributed by atoms with Crippen LogP contribution in [0.4, 0.5) is 0 Å². The summed E-state index contributed by atoms with van der Waals surface area (Å²) in [6, 6.07) is -0.284. The Bertz CT molecular complexity index is 348. The van der Waals surface area contributed by atoms with Crippen LogP contribution >= 0.6 is 11.8 Å². The second-order valence-corrected chi connectivity index (χ2v) is 6.70. The third kappa shape index (κ3) is 6.70. The summed E-state index contributed by atoms with van der Waals surface area (Å²) in [7, 11) is -3.22. The van der Waals surface area contributed by atoms with Gasteiger partial charge < -0.3 is 0 Å². The second kappa shape index (κ2) is 5.67. The third-order valence-electron chi connectivity index (χ3n) is 1.75. The molecule has 88 valence electrons. The van der Waals surface area contributed by atoms with Gasteiger partial charge in [-0.1, -0.05) is 25.3 Å². The Kier molecular flexibility index (Phi) is 5.55. The average Bonchev–Trinajstić information content (AvgIpc) is 2.00. The molecule has 0 aliphatic heterocycles. The highest BCUT2D eigenvalue weighted by atomic mass is 32.2. The van der Waals surface area contributed by atoms with Gasteiger partial charge in [0.25, 0.3) is 0 Å². The minimum Gasteiger partial charge on any atom is -0.282 e. The average molecular weight is 251 g/mol. The predicted molar refractivity (Wildman–Crippen MR) is 64.3 cm³/mol. The smallest absolute Gasteiger partial charge is 0.214 e. The number of hydrogen-bond donors (Lipinski definition) is 1. The van der Waals surface area contributed by atoms with Crippen LogP contribution in [-0.2, 0) is 14.8 Å². The predicted octanol–water partition coefficient (Wildman–Crippen LogP) is 1.15. The van der Waals surface area contributed by atoms with Crippen LogP contribution < -0.4 is 4.72 Å². The van der Waals surface area contributed by atoms with Crippen LogP contribution in [0.5, 0.6) is 0 Å². The van der Waals surface area contributed by atoms with E-state index in [1.54, 1.807) is 20.8 Å². The second-order valence-electron chi connectivity index (χ2n) is 3.57. The van der Waals surface area contributed by atoms with Crippen LogP contribution in [0.3, 0.4) is 0 Å². The third-order valence-corrected chi connectivity index (χ3v) is 3.89. The lowest BCUT2D eigenvalue weighted by Gasteiger charge is -2.18. The molecule has 0 spiro atoms. The maximum absolute atomic E-state index is 11.3. The SMILES string of the molecule is C=C(C)C(=O)SC(C)C(C)NS(C)(=O)=O. The molecule has 0 heterocycles. The number of carbonyl (C=O) groups is 1.